The number of halogens is 3. The first-order chi connectivity index (χ1) is 23.4. The molecule has 0 radical (unpaired) electrons. The molecule has 2 heterocycles. The number of hydrogen-bond acceptors (Lipinski definition) is 6. The topological polar surface area (TPSA) is 99.7 Å². The number of hydrogen-bond donors (Lipinski definition) is 1. The average molecular weight is 673 g/mol. The Morgan fingerprint density at radius 3 is 2.39 bits per heavy atom. The van der Waals surface area contributed by atoms with Gasteiger partial charge in [0.05, 0.1) is 24.7 Å². The molecule has 1 aliphatic rings. The molecular weight excluding hydrogens is 633 g/mol. The molecule has 0 saturated carbocycles. The van der Waals surface area contributed by atoms with E-state index >= 15 is 0 Å². The second-order valence-electron chi connectivity index (χ2n) is 12.8. The van der Waals surface area contributed by atoms with Crippen LogP contribution < -0.4 is 5.32 Å². The molecule has 0 bridgehead atoms. The summed E-state index contributed by atoms with van der Waals surface area (Å²) in [5.41, 5.74) is 2.32. The van der Waals surface area contributed by atoms with E-state index in [1.807, 2.05) is 30.3 Å². The van der Waals surface area contributed by atoms with E-state index in [1.165, 1.54) is 0 Å². The Morgan fingerprint density at radius 2 is 1.67 bits per heavy atom. The van der Waals surface area contributed by atoms with Crippen molar-refractivity contribution >= 4 is 34.3 Å². The molecule has 3 aromatic carbocycles. The third kappa shape index (κ3) is 8.77. The molecule has 1 aromatic heterocycles. The number of alkyl halides is 3. The zero-order chi connectivity index (χ0) is 35.1. The first kappa shape index (κ1) is 35.4. The van der Waals surface area contributed by atoms with E-state index in [0.29, 0.717) is 34.7 Å². The summed E-state index contributed by atoms with van der Waals surface area (Å²) in [6.45, 7) is 3.29. The summed E-state index contributed by atoms with van der Waals surface area (Å²) in [6.07, 6.45) is -3.51. The number of carbonyl (C=O) groups is 4. The quantitative estimate of drug-likeness (QED) is 0.218. The Labute approximate surface area is 283 Å². The van der Waals surface area contributed by atoms with E-state index < -0.39 is 48.3 Å². The van der Waals surface area contributed by atoms with Gasteiger partial charge in [0.15, 0.2) is 5.78 Å². The molecule has 49 heavy (non-hydrogen) atoms. The van der Waals surface area contributed by atoms with Crippen LogP contribution in [0.4, 0.5) is 13.2 Å². The normalized spacial score (nSPS) is 15.9. The molecule has 11 heteroatoms. The summed E-state index contributed by atoms with van der Waals surface area (Å²) in [4.78, 5) is 61.2. The van der Waals surface area contributed by atoms with Gasteiger partial charge in [0.2, 0.25) is 5.91 Å². The van der Waals surface area contributed by atoms with Crippen molar-refractivity contribution in [2.24, 2.45) is 5.92 Å². The minimum absolute atomic E-state index is 0.103. The second-order valence-corrected chi connectivity index (χ2v) is 12.8. The highest BCUT2D eigenvalue weighted by Crippen LogP contribution is 2.28. The molecule has 256 valence electrons. The Morgan fingerprint density at radius 1 is 0.918 bits per heavy atom. The third-order valence-corrected chi connectivity index (χ3v) is 8.59. The van der Waals surface area contributed by atoms with E-state index in [-0.39, 0.29) is 31.7 Å². The standard InChI is InChI=1S/C38H39F3N4O4/c1-25(2)19-33(44(37(49)38(39,40)41)24-27-15-16-28-10-3-4-11-29(28)21-27)36(48)45(32-14-8-17-42-23-34(32)46)35(47)22-26-9-7-12-30(20-26)31-13-5-6-18-43-31/h3-7,9-13,15-16,18,20-21,25,32-33,42H,8,14,17,19,22-24H2,1-2H3/t32-,33?/m0/s1. The zero-order valence-electron chi connectivity index (χ0n) is 27.5. The van der Waals surface area contributed by atoms with Crippen molar-refractivity contribution in [1.82, 2.24) is 20.1 Å². The molecule has 2 atom stereocenters. The van der Waals surface area contributed by atoms with Crippen molar-refractivity contribution in [2.75, 3.05) is 13.1 Å². The average Bonchev–Trinajstić information content (AvgIpc) is 3.29. The molecule has 1 aliphatic heterocycles. The number of ketones is 1. The summed E-state index contributed by atoms with van der Waals surface area (Å²) in [6, 6.07) is 21.9. The molecule has 8 nitrogen and oxygen atoms in total. The van der Waals surface area contributed by atoms with Crippen LogP contribution in [0.1, 0.15) is 44.2 Å². The fourth-order valence-corrected chi connectivity index (χ4v) is 6.26. The van der Waals surface area contributed by atoms with Gasteiger partial charge in [0.25, 0.3) is 5.91 Å². The van der Waals surface area contributed by atoms with E-state index in [1.54, 1.807) is 74.6 Å². The summed E-state index contributed by atoms with van der Waals surface area (Å²) in [7, 11) is 0. The number of amides is 3. The molecule has 1 saturated heterocycles. The fraction of sp³-hybridized carbons (Fsp3) is 0.342. The third-order valence-electron chi connectivity index (χ3n) is 8.59. The van der Waals surface area contributed by atoms with Crippen LogP contribution in [0, 0.1) is 5.92 Å². The van der Waals surface area contributed by atoms with Gasteiger partial charge in [0.1, 0.15) is 6.04 Å². The van der Waals surface area contributed by atoms with Gasteiger partial charge < -0.3 is 10.2 Å². The van der Waals surface area contributed by atoms with Crippen molar-refractivity contribution in [3.8, 4) is 11.3 Å². The highest BCUT2D eigenvalue weighted by Gasteiger charge is 2.48. The summed E-state index contributed by atoms with van der Waals surface area (Å²) < 4.78 is 42.8. The number of nitrogens with zero attached hydrogens (tertiary/aromatic N) is 3. The lowest BCUT2D eigenvalue weighted by atomic mass is 9.96. The number of pyridine rings is 1. The Balaban J connectivity index is 1.55. The summed E-state index contributed by atoms with van der Waals surface area (Å²) >= 11 is 0. The predicted octanol–water partition coefficient (Wildman–Crippen LogP) is 6.13. The van der Waals surface area contributed by atoms with E-state index in [0.717, 1.165) is 21.2 Å². The van der Waals surface area contributed by atoms with Crippen molar-refractivity contribution < 1.29 is 32.3 Å². The van der Waals surface area contributed by atoms with Crippen LogP contribution in [0.3, 0.4) is 0 Å². The number of carbonyl (C=O) groups excluding carboxylic acids is 4. The lowest BCUT2D eigenvalue weighted by Gasteiger charge is -2.37. The fourth-order valence-electron chi connectivity index (χ4n) is 6.26. The van der Waals surface area contributed by atoms with Crippen molar-refractivity contribution in [1.29, 1.82) is 0 Å². The number of Topliss-reactive ketones (excluding diaryl/α,β-unsaturated/α-hetero) is 1. The molecule has 1 unspecified atom stereocenters. The van der Waals surface area contributed by atoms with Crippen LogP contribution >= 0.6 is 0 Å². The largest absolute Gasteiger partial charge is 0.471 e. The van der Waals surface area contributed by atoms with Crippen LogP contribution in [0.5, 0.6) is 0 Å². The SMILES string of the molecule is CC(C)CC(C(=O)N(C(=O)Cc1cccc(-c2ccccn2)c1)[C@H]1CCCNCC1=O)N(Cc1ccc2ccccc2c1)C(=O)C(F)(F)F. The second kappa shape index (κ2) is 15.5. The van der Waals surface area contributed by atoms with Gasteiger partial charge in [-0.05, 0) is 77.9 Å². The van der Waals surface area contributed by atoms with Crippen LogP contribution in [-0.4, -0.2) is 69.6 Å². The van der Waals surface area contributed by atoms with E-state index in [4.69, 9.17) is 0 Å². The van der Waals surface area contributed by atoms with Gasteiger partial charge in [-0.15, -0.1) is 0 Å². The maximum absolute atomic E-state index is 14.7. The van der Waals surface area contributed by atoms with Gasteiger partial charge in [-0.2, -0.15) is 13.2 Å². The number of fused-ring (bicyclic) bond motifs is 1. The minimum Gasteiger partial charge on any atom is -0.318 e. The molecule has 0 aliphatic carbocycles. The number of benzene rings is 3. The van der Waals surface area contributed by atoms with Gasteiger partial charge in [-0.3, -0.25) is 29.1 Å². The highest BCUT2D eigenvalue weighted by atomic mass is 19.4. The maximum Gasteiger partial charge on any atom is 0.471 e. The Bertz CT molecular complexity index is 1810. The van der Waals surface area contributed by atoms with Crippen LogP contribution in [-0.2, 0) is 32.1 Å². The van der Waals surface area contributed by atoms with Gasteiger partial charge in [-0.1, -0.05) is 74.5 Å². The van der Waals surface area contributed by atoms with Crippen molar-refractivity contribution in [2.45, 2.75) is 64.3 Å². The molecule has 4 aromatic rings. The number of aromatic nitrogens is 1. The summed E-state index contributed by atoms with van der Waals surface area (Å²) in [5, 5.41) is 4.60. The monoisotopic (exact) mass is 672 g/mol. The van der Waals surface area contributed by atoms with Crippen LogP contribution in [0.15, 0.2) is 91.1 Å². The number of imide groups is 1. The Kier molecular flexibility index (Phi) is 11.2. The van der Waals surface area contributed by atoms with E-state index in [9.17, 15) is 32.3 Å². The maximum atomic E-state index is 14.7. The van der Waals surface area contributed by atoms with Crippen molar-refractivity contribution in [3.05, 3.63) is 102 Å². The first-order valence-corrected chi connectivity index (χ1v) is 16.4. The van der Waals surface area contributed by atoms with E-state index in [2.05, 4.69) is 10.3 Å². The molecular formula is C38H39F3N4O4. The number of rotatable bonds is 10. The predicted molar refractivity (Wildman–Crippen MR) is 180 cm³/mol. The van der Waals surface area contributed by atoms with Gasteiger partial charge >= 0.3 is 12.1 Å². The summed E-state index contributed by atoms with van der Waals surface area (Å²) in [5.74, 6) is -4.69. The van der Waals surface area contributed by atoms with Crippen molar-refractivity contribution in [3.63, 3.8) is 0 Å². The molecule has 0 spiro atoms. The number of nitrogens with one attached hydrogen (secondary N) is 1. The van der Waals surface area contributed by atoms with Gasteiger partial charge in [-0.25, -0.2) is 0 Å². The molecule has 1 N–H and O–H groups in total. The van der Waals surface area contributed by atoms with Crippen LogP contribution in [0.2, 0.25) is 0 Å². The molecule has 1 fully saturated rings. The molecule has 5 rings (SSSR count). The van der Waals surface area contributed by atoms with Crippen LogP contribution in [0.25, 0.3) is 22.0 Å². The lowest BCUT2D eigenvalue weighted by Crippen LogP contribution is -2.59. The molecule has 3 amide bonds. The highest BCUT2D eigenvalue weighted by molar-refractivity contribution is 6.05. The lowest BCUT2D eigenvalue weighted by molar-refractivity contribution is -0.190. The minimum atomic E-state index is -5.30. The van der Waals surface area contributed by atoms with Gasteiger partial charge in [0, 0.05) is 18.3 Å². The zero-order valence-corrected chi connectivity index (χ0v) is 27.5. The Hall–Kier alpha value is -4.90. The first-order valence-electron chi connectivity index (χ1n) is 16.4. The smallest absolute Gasteiger partial charge is 0.318 e.